The van der Waals surface area contributed by atoms with E-state index in [1.165, 1.54) is 6.21 Å². The lowest BCUT2D eigenvalue weighted by atomic mass is 10.2. The van der Waals surface area contributed by atoms with E-state index in [-0.39, 0.29) is 0 Å². The molecule has 0 aliphatic rings. The van der Waals surface area contributed by atoms with E-state index in [1.807, 2.05) is 12.1 Å². The van der Waals surface area contributed by atoms with Gasteiger partial charge < -0.3 is 5.73 Å². The lowest BCUT2D eigenvalue weighted by Crippen LogP contribution is -2.24. The van der Waals surface area contributed by atoms with Gasteiger partial charge in [-0.15, -0.1) is 0 Å². The number of amides is 2. The van der Waals surface area contributed by atoms with Crippen molar-refractivity contribution in [3.05, 3.63) is 29.9 Å². The van der Waals surface area contributed by atoms with Gasteiger partial charge in [-0.3, -0.25) is 0 Å². The van der Waals surface area contributed by atoms with Crippen LogP contribution >= 0.6 is 56.8 Å². The summed E-state index contributed by atoms with van der Waals surface area (Å²) in [6.07, 6.45) is 1.53. The maximum Gasteiger partial charge on any atom is 0.332 e. The maximum atomic E-state index is 10.4. The fourth-order valence-corrected chi connectivity index (χ4v) is 3.47. The van der Waals surface area contributed by atoms with Gasteiger partial charge >= 0.3 is 6.03 Å². The second-order valence-electron chi connectivity index (χ2n) is 2.52. The molecule has 4 nitrogen and oxygen atoms in total. The van der Waals surface area contributed by atoms with E-state index in [0.29, 0.717) is 5.02 Å². The van der Waals surface area contributed by atoms with Crippen LogP contribution in [0.15, 0.2) is 17.2 Å². The van der Waals surface area contributed by atoms with E-state index in [4.69, 9.17) is 17.3 Å². The minimum Gasteiger partial charge on any atom is -0.350 e. The Bertz CT molecular complexity index is 399. The number of benzene rings is 1. The SMILES string of the molecule is NC(=O)N/N=C\c1c(I)cc(Cl)cc1I. The highest BCUT2D eigenvalue weighted by atomic mass is 127. The molecule has 0 saturated carbocycles. The molecular formula is C8H6ClI2N3O. The molecule has 0 saturated heterocycles. The average Bonchev–Trinajstić information content (AvgIpc) is 2.08. The molecule has 15 heavy (non-hydrogen) atoms. The quantitative estimate of drug-likeness (QED) is 0.407. The highest BCUT2D eigenvalue weighted by Crippen LogP contribution is 2.22. The van der Waals surface area contributed by atoms with Crippen molar-refractivity contribution in [1.82, 2.24) is 5.43 Å². The van der Waals surface area contributed by atoms with Gasteiger partial charge in [-0.25, -0.2) is 10.2 Å². The Morgan fingerprint density at radius 3 is 2.47 bits per heavy atom. The molecule has 0 aliphatic heterocycles. The Hall–Kier alpha value is -0.0900. The molecule has 0 radical (unpaired) electrons. The number of nitrogens with two attached hydrogens (primary N) is 1. The lowest BCUT2D eigenvalue weighted by molar-refractivity contribution is 0.249. The Morgan fingerprint density at radius 1 is 1.47 bits per heavy atom. The molecule has 7 heteroatoms. The molecule has 0 spiro atoms. The van der Waals surface area contributed by atoms with Crippen LogP contribution in [0, 0.1) is 7.14 Å². The van der Waals surface area contributed by atoms with Crippen molar-refractivity contribution < 1.29 is 4.79 Å². The van der Waals surface area contributed by atoms with Gasteiger partial charge in [-0.05, 0) is 57.3 Å². The van der Waals surface area contributed by atoms with Crippen molar-refractivity contribution in [2.24, 2.45) is 10.8 Å². The molecule has 2 amide bonds. The Balaban J connectivity index is 2.94. The number of nitrogens with zero attached hydrogens (tertiary/aromatic N) is 1. The molecule has 0 fully saturated rings. The summed E-state index contributed by atoms with van der Waals surface area (Å²) in [7, 11) is 0. The third kappa shape index (κ3) is 4.11. The summed E-state index contributed by atoms with van der Waals surface area (Å²) in [5.41, 5.74) is 7.90. The van der Waals surface area contributed by atoms with Gasteiger partial charge in [0.15, 0.2) is 0 Å². The van der Waals surface area contributed by atoms with Crippen LogP contribution in [-0.4, -0.2) is 12.2 Å². The average molecular weight is 449 g/mol. The largest absolute Gasteiger partial charge is 0.350 e. The molecule has 0 bridgehead atoms. The first-order valence-electron chi connectivity index (χ1n) is 3.73. The van der Waals surface area contributed by atoms with E-state index >= 15 is 0 Å². The number of rotatable bonds is 2. The van der Waals surface area contributed by atoms with E-state index in [0.717, 1.165) is 12.7 Å². The number of hydrogen-bond acceptors (Lipinski definition) is 2. The van der Waals surface area contributed by atoms with Gasteiger partial charge in [0.1, 0.15) is 0 Å². The highest BCUT2D eigenvalue weighted by Gasteiger charge is 2.04. The number of urea groups is 1. The standard InChI is InChI=1S/C8H6ClI2N3O/c9-4-1-6(10)5(7(11)2-4)3-13-14-8(12)15/h1-3H,(H3,12,14,15)/b13-3-. The smallest absolute Gasteiger partial charge is 0.332 e. The molecule has 0 heterocycles. The molecule has 0 aromatic heterocycles. The van der Waals surface area contributed by atoms with Crippen molar-refractivity contribution in [3.8, 4) is 0 Å². The van der Waals surface area contributed by atoms with Crippen LogP contribution in [0.5, 0.6) is 0 Å². The Kier molecular flexibility index (Phi) is 5.06. The molecule has 3 N–H and O–H groups in total. The fraction of sp³-hybridized carbons (Fsp3) is 0. The number of carbonyl (C=O) groups is 1. The first-order valence-corrected chi connectivity index (χ1v) is 6.27. The van der Waals surface area contributed by atoms with Crippen LogP contribution in [0.4, 0.5) is 4.79 Å². The maximum absolute atomic E-state index is 10.4. The Labute approximate surface area is 119 Å². The van der Waals surface area contributed by atoms with Crippen LogP contribution < -0.4 is 11.2 Å². The van der Waals surface area contributed by atoms with Crippen LogP contribution in [0.3, 0.4) is 0 Å². The van der Waals surface area contributed by atoms with Crippen LogP contribution in [0.1, 0.15) is 5.56 Å². The number of primary amides is 1. The van der Waals surface area contributed by atoms with Crippen molar-refractivity contribution in [3.63, 3.8) is 0 Å². The minimum atomic E-state index is -0.690. The molecular weight excluding hydrogens is 443 g/mol. The second-order valence-corrected chi connectivity index (χ2v) is 5.28. The predicted octanol–water partition coefficient (Wildman–Crippen LogP) is 2.55. The van der Waals surface area contributed by atoms with Crippen LogP contribution in [0.2, 0.25) is 5.02 Å². The van der Waals surface area contributed by atoms with E-state index < -0.39 is 6.03 Å². The number of halogens is 3. The molecule has 0 unspecified atom stereocenters. The van der Waals surface area contributed by atoms with Crippen LogP contribution in [-0.2, 0) is 0 Å². The number of hydrazone groups is 1. The zero-order chi connectivity index (χ0) is 11.4. The summed E-state index contributed by atoms with van der Waals surface area (Å²) in [5.74, 6) is 0. The summed E-state index contributed by atoms with van der Waals surface area (Å²) in [6.45, 7) is 0. The topological polar surface area (TPSA) is 67.5 Å². The fourth-order valence-electron chi connectivity index (χ4n) is 0.837. The minimum absolute atomic E-state index is 0.670. The number of hydrogen-bond donors (Lipinski definition) is 2. The third-order valence-corrected chi connectivity index (χ3v) is 3.42. The van der Waals surface area contributed by atoms with Gasteiger partial charge in [-0.1, -0.05) is 11.6 Å². The van der Waals surface area contributed by atoms with Crippen molar-refractivity contribution in [2.75, 3.05) is 0 Å². The molecule has 0 aliphatic carbocycles. The highest BCUT2D eigenvalue weighted by molar-refractivity contribution is 14.1. The zero-order valence-electron chi connectivity index (χ0n) is 7.30. The molecule has 1 aromatic carbocycles. The van der Waals surface area contributed by atoms with Crippen LogP contribution in [0.25, 0.3) is 0 Å². The molecule has 1 rings (SSSR count). The summed E-state index contributed by atoms with van der Waals surface area (Å²) in [5, 5.41) is 4.36. The number of nitrogens with one attached hydrogen (secondary N) is 1. The first-order chi connectivity index (χ1) is 7.00. The normalized spacial score (nSPS) is 10.6. The van der Waals surface area contributed by atoms with Gasteiger partial charge in [0.2, 0.25) is 0 Å². The molecule has 1 aromatic rings. The lowest BCUT2D eigenvalue weighted by Gasteiger charge is -2.02. The van der Waals surface area contributed by atoms with E-state index in [2.05, 4.69) is 55.7 Å². The van der Waals surface area contributed by atoms with E-state index in [9.17, 15) is 4.79 Å². The summed E-state index contributed by atoms with van der Waals surface area (Å²) < 4.78 is 1.92. The summed E-state index contributed by atoms with van der Waals surface area (Å²) >= 11 is 10.2. The summed E-state index contributed by atoms with van der Waals surface area (Å²) in [4.78, 5) is 10.4. The van der Waals surface area contributed by atoms with Gasteiger partial charge in [0, 0.05) is 17.7 Å². The van der Waals surface area contributed by atoms with Crippen molar-refractivity contribution in [1.29, 1.82) is 0 Å². The van der Waals surface area contributed by atoms with Crippen molar-refractivity contribution >= 4 is 69.0 Å². The summed E-state index contributed by atoms with van der Waals surface area (Å²) in [6, 6.07) is 2.94. The molecule has 80 valence electrons. The number of carbonyl (C=O) groups excluding carboxylic acids is 1. The monoisotopic (exact) mass is 449 g/mol. The predicted molar refractivity (Wildman–Crippen MR) is 77.2 cm³/mol. The third-order valence-electron chi connectivity index (χ3n) is 1.41. The zero-order valence-corrected chi connectivity index (χ0v) is 12.4. The first kappa shape index (κ1) is 13.0. The van der Waals surface area contributed by atoms with Gasteiger partial charge in [-0.2, -0.15) is 5.10 Å². The molecule has 0 atom stereocenters. The Morgan fingerprint density at radius 2 is 2.00 bits per heavy atom. The van der Waals surface area contributed by atoms with Crippen molar-refractivity contribution in [2.45, 2.75) is 0 Å². The van der Waals surface area contributed by atoms with Gasteiger partial charge in [0.25, 0.3) is 0 Å². The van der Waals surface area contributed by atoms with Gasteiger partial charge in [0.05, 0.1) is 6.21 Å². The van der Waals surface area contributed by atoms with E-state index in [1.54, 1.807) is 0 Å². The second kappa shape index (κ2) is 5.85.